The maximum absolute atomic E-state index is 11.9. The molecule has 0 aromatic rings. The van der Waals surface area contributed by atoms with Crippen molar-refractivity contribution in [3.8, 4) is 0 Å². The standard InChI is InChI=1S/C13H26N2O4/c1-5-13(6-2,7-3)15-12(18)14-10(11(16)17)8-9-19-4/h10H,5-9H2,1-4H3,(H,16,17)(H2,14,15,18). The van der Waals surface area contributed by atoms with Crippen molar-refractivity contribution in [1.29, 1.82) is 0 Å². The van der Waals surface area contributed by atoms with Crippen LogP contribution < -0.4 is 10.6 Å². The number of carbonyl (C=O) groups is 2. The largest absolute Gasteiger partial charge is 0.480 e. The maximum atomic E-state index is 11.9. The molecule has 2 amide bonds. The average Bonchev–Trinajstić information content (AvgIpc) is 2.40. The van der Waals surface area contributed by atoms with E-state index in [0.29, 0.717) is 0 Å². The fourth-order valence-electron chi connectivity index (χ4n) is 1.94. The smallest absolute Gasteiger partial charge is 0.326 e. The van der Waals surface area contributed by atoms with Gasteiger partial charge in [0.1, 0.15) is 6.04 Å². The van der Waals surface area contributed by atoms with Crippen molar-refractivity contribution in [2.75, 3.05) is 13.7 Å². The lowest BCUT2D eigenvalue weighted by Crippen LogP contribution is -2.54. The van der Waals surface area contributed by atoms with Gasteiger partial charge in [0.2, 0.25) is 0 Å². The molecule has 0 aromatic heterocycles. The van der Waals surface area contributed by atoms with Crippen molar-refractivity contribution in [3.63, 3.8) is 0 Å². The predicted octanol–water partition coefficient (Wildman–Crippen LogP) is 1.74. The van der Waals surface area contributed by atoms with Gasteiger partial charge in [0, 0.05) is 25.7 Å². The number of carboxylic acids is 1. The highest BCUT2D eigenvalue weighted by Gasteiger charge is 2.28. The fraction of sp³-hybridized carbons (Fsp3) is 0.846. The molecule has 0 saturated carbocycles. The minimum Gasteiger partial charge on any atom is -0.480 e. The van der Waals surface area contributed by atoms with Gasteiger partial charge in [0.25, 0.3) is 0 Å². The van der Waals surface area contributed by atoms with Gasteiger partial charge in [-0.2, -0.15) is 0 Å². The maximum Gasteiger partial charge on any atom is 0.326 e. The van der Waals surface area contributed by atoms with Gasteiger partial charge in [-0.05, 0) is 19.3 Å². The summed E-state index contributed by atoms with van der Waals surface area (Å²) in [7, 11) is 1.50. The lowest BCUT2D eigenvalue weighted by Gasteiger charge is -2.32. The summed E-state index contributed by atoms with van der Waals surface area (Å²) in [5.74, 6) is -1.05. The zero-order valence-corrected chi connectivity index (χ0v) is 12.3. The zero-order valence-electron chi connectivity index (χ0n) is 12.3. The topological polar surface area (TPSA) is 87.7 Å². The number of rotatable bonds is 9. The summed E-state index contributed by atoms with van der Waals surface area (Å²) in [5.41, 5.74) is -0.269. The van der Waals surface area contributed by atoms with Crippen LogP contribution >= 0.6 is 0 Å². The molecule has 0 radical (unpaired) electrons. The molecule has 112 valence electrons. The quantitative estimate of drug-likeness (QED) is 0.597. The summed E-state index contributed by atoms with van der Waals surface area (Å²) in [6.07, 6.45) is 2.67. The van der Waals surface area contributed by atoms with Crippen LogP contribution in [0.5, 0.6) is 0 Å². The molecule has 0 aliphatic heterocycles. The van der Waals surface area contributed by atoms with Crippen molar-refractivity contribution in [1.82, 2.24) is 10.6 Å². The van der Waals surface area contributed by atoms with Crippen LogP contribution in [-0.2, 0) is 9.53 Å². The second-order valence-electron chi connectivity index (χ2n) is 4.61. The summed E-state index contributed by atoms with van der Waals surface area (Å²) in [4.78, 5) is 22.9. The van der Waals surface area contributed by atoms with E-state index in [4.69, 9.17) is 9.84 Å². The summed E-state index contributed by atoms with van der Waals surface area (Å²) in [6.45, 7) is 6.31. The van der Waals surface area contributed by atoms with Gasteiger partial charge < -0.3 is 20.5 Å². The highest BCUT2D eigenvalue weighted by atomic mass is 16.5. The first-order valence-corrected chi connectivity index (χ1v) is 6.75. The van der Waals surface area contributed by atoms with Crippen LogP contribution in [-0.4, -0.2) is 42.4 Å². The van der Waals surface area contributed by atoms with E-state index in [0.717, 1.165) is 19.3 Å². The molecular formula is C13H26N2O4. The number of carboxylic acid groups (broad SMARTS) is 1. The van der Waals surface area contributed by atoms with Crippen LogP contribution in [0, 0.1) is 0 Å². The Balaban J connectivity index is 4.51. The summed E-state index contributed by atoms with van der Waals surface area (Å²) in [6, 6.07) is -1.36. The number of urea groups is 1. The Labute approximate surface area is 114 Å². The Morgan fingerprint density at radius 1 is 1.21 bits per heavy atom. The molecule has 6 nitrogen and oxygen atoms in total. The number of ether oxygens (including phenoxy) is 1. The van der Waals surface area contributed by atoms with Crippen LogP contribution in [0.2, 0.25) is 0 Å². The zero-order chi connectivity index (χ0) is 14.9. The third-order valence-corrected chi connectivity index (χ3v) is 3.62. The third-order valence-electron chi connectivity index (χ3n) is 3.62. The Morgan fingerprint density at radius 3 is 2.11 bits per heavy atom. The molecule has 3 N–H and O–H groups in total. The van der Waals surface area contributed by atoms with Gasteiger partial charge >= 0.3 is 12.0 Å². The molecule has 0 aromatic carbocycles. The van der Waals surface area contributed by atoms with E-state index in [1.165, 1.54) is 7.11 Å². The van der Waals surface area contributed by atoms with Crippen molar-refractivity contribution in [2.24, 2.45) is 0 Å². The van der Waals surface area contributed by atoms with Gasteiger partial charge in [-0.3, -0.25) is 0 Å². The van der Waals surface area contributed by atoms with Crippen LogP contribution in [0.1, 0.15) is 46.5 Å². The SMILES string of the molecule is CCC(CC)(CC)NC(=O)NC(CCOC)C(=O)O. The van der Waals surface area contributed by atoms with E-state index in [2.05, 4.69) is 10.6 Å². The molecule has 0 bridgehead atoms. The van der Waals surface area contributed by atoms with Gasteiger partial charge in [-0.25, -0.2) is 9.59 Å². The Morgan fingerprint density at radius 2 is 1.74 bits per heavy atom. The summed E-state index contributed by atoms with van der Waals surface area (Å²) in [5, 5.41) is 14.4. The van der Waals surface area contributed by atoms with E-state index < -0.39 is 18.0 Å². The van der Waals surface area contributed by atoms with E-state index in [1.54, 1.807) is 0 Å². The first kappa shape index (κ1) is 17.7. The average molecular weight is 274 g/mol. The molecule has 1 unspecified atom stereocenters. The number of amides is 2. The predicted molar refractivity (Wildman–Crippen MR) is 73.2 cm³/mol. The summed E-state index contributed by atoms with van der Waals surface area (Å²) < 4.78 is 4.83. The Bertz CT molecular complexity index is 282. The minimum atomic E-state index is -1.05. The molecule has 0 spiro atoms. The molecule has 0 fully saturated rings. The van der Waals surface area contributed by atoms with Crippen molar-refractivity contribution >= 4 is 12.0 Å². The Kier molecular flexibility index (Phi) is 8.14. The monoisotopic (exact) mass is 274 g/mol. The number of aliphatic carboxylic acids is 1. The van der Waals surface area contributed by atoms with Gasteiger partial charge in [0.15, 0.2) is 0 Å². The molecule has 0 aliphatic carbocycles. The highest BCUT2D eigenvalue weighted by molar-refractivity contribution is 5.82. The first-order chi connectivity index (χ1) is 8.94. The number of nitrogens with one attached hydrogen (secondary N) is 2. The fourth-order valence-corrected chi connectivity index (χ4v) is 1.94. The van der Waals surface area contributed by atoms with Crippen LogP contribution in [0.4, 0.5) is 4.79 Å². The number of methoxy groups -OCH3 is 1. The molecule has 19 heavy (non-hydrogen) atoms. The lowest BCUT2D eigenvalue weighted by molar-refractivity contribution is -0.139. The first-order valence-electron chi connectivity index (χ1n) is 6.75. The van der Waals surface area contributed by atoms with Crippen molar-refractivity contribution in [3.05, 3.63) is 0 Å². The van der Waals surface area contributed by atoms with E-state index in [9.17, 15) is 9.59 Å². The Hall–Kier alpha value is -1.30. The van der Waals surface area contributed by atoms with Crippen LogP contribution in [0.3, 0.4) is 0 Å². The number of carbonyl (C=O) groups excluding carboxylic acids is 1. The van der Waals surface area contributed by atoms with Crippen LogP contribution in [0.25, 0.3) is 0 Å². The van der Waals surface area contributed by atoms with Crippen molar-refractivity contribution < 1.29 is 19.4 Å². The van der Waals surface area contributed by atoms with E-state index in [-0.39, 0.29) is 18.6 Å². The van der Waals surface area contributed by atoms with Gasteiger partial charge in [0.05, 0.1) is 0 Å². The summed E-state index contributed by atoms with van der Waals surface area (Å²) >= 11 is 0. The molecule has 0 saturated heterocycles. The van der Waals surface area contributed by atoms with Crippen molar-refractivity contribution in [2.45, 2.75) is 58.0 Å². The normalized spacial score (nSPS) is 12.8. The molecule has 0 aliphatic rings. The third kappa shape index (κ3) is 5.92. The van der Waals surface area contributed by atoms with E-state index >= 15 is 0 Å². The number of hydrogen-bond donors (Lipinski definition) is 3. The number of hydrogen-bond acceptors (Lipinski definition) is 3. The second-order valence-corrected chi connectivity index (χ2v) is 4.61. The lowest BCUT2D eigenvalue weighted by atomic mass is 9.90. The highest BCUT2D eigenvalue weighted by Crippen LogP contribution is 2.18. The molecule has 0 heterocycles. The van der Waals surface area contributed by atoms with Crippen LogP contribution in [0.15, 0.2) is 0 Å². The van der Waals surface area contributed by atoms with Gasteiger partial charge in [-0.15, -0.1) is 0 Å². The molecule has 6 heteroatoms. The molecular weight excluding hydrogens is 248 g/mol. The minimum absolute atomic E-state index is 0.247. The molecule has 0 rings (SSSR count). The van der Waals surface area contributed by atoms with Gasteiger partial charge in [-0.1, -0.05) is 20.8 Å². The molecule has 1 atom stereocenters. The van der Waals surface area contributed by atoms with E-state index in [1.807, 2.05) is 20.8 Å². The second kappa shape index (κ2) is 8.74.